The molecule has 0 bridgehead atoms. The minimum Gasteiger partial charge on any atom is -0.462 e. The maximum absolute atomic E-state index is 13.4. The molecule has 0 saturated heterocycles. The first-order chi connectivity index (χ1) is 15.8. The van der Waals surface area contributed by atoms with Crippen molar-refractivity contribution < 1.29 is 18.8 Å². The van der Waals surface area contributed by atoms with E-state index < -0.39 is 11.9 Å². The highest BCUT2D eigenvalue weighted by molar-refractivity contribution is 7.17. The predicted octanol–water partition coefficient (Wildman–Crippen LogP) is 6.96. The maximum Gasteiger partial charge on any atom is 0.341 e. The molecule has 1 amide bonds. The second-order valence-corrected chi connectivity index (χ2v) is 9.88. The number of anilines is 1. The monoisotopic (exact) mass is 506 g/mol. The molecular formula is C24H24Cl2N2O4S. The van der Waals surface area contributed by atoms with Crippen LogP contribution in [-0.4, -0.2) is 23.6 Å². The summed E-state index contributed by atoms with van der Waals surface area (Å²) in [5.41, 5.74) is 2.33. The molecule has 0 radical (unpaired) electrons. The Morgan fingerprint density at radius 2 is 1.97 bits per heavy atom. The number of nitrogens with zero attached hydrogens (tertiary/aromatic N) is 1. The van der Waals surface area contributed by atoms with Crippen LogP contribution < -0.4 is 5.32 Å². The molecule has 2 aromatic heterocycles. The van der Waals surface area contributed by atoms with Crippen molar-refractivity contribution in [3.05, 3.63) is 55.6 Å². The number of ether oxygens (including phenoxy) is 1. The summed E-state index contributed by atoms with van der Waals surface area (Å²) in [6.45, 7) is 5.85. The van der Waals surface area contributed by atoms with E-state index in [9.17, 15) is 9.59 Å². The molecule has 6 nitrogen and oxygen atoms in total. The normalized spacial score (nSPS) is 15.2. The first kappa shape index (κ1) is 23.8. The highest BCUT2D eigenvalue weighted by Crippen LogP contribution is 2.42. The molecule has 1 aromatic carbocycles. The van der Waals surface area contributed by atoms with E-state index in [1.165, 1.54) is 11.3 Å². The van der Waals surface area contributed by atoms with Crippen LogP contribution in [-0.2, 0) is 17.6 Å². The Morgan fingerprint density at radius 3 is 2.64 bits per heavy atom. The third-order valence-corrected chi connectivity index (χ3v) is 7.74. The number of hydrogen-bond acceptors (Lipinski definition) is 6. The first-order valence-electron chi connectivity index (χ1n) is 10.9. The number of benzene rings is 1. The fourth-order valence-corrected chi connectivity index (χ4v) is 6.13. The van der Waals surface area contributed by atoms with Gasteiger partial charge in [0, 0.05) is 10.4 Å². The minimum absolute atomic E-state index is 0.220. The molecule has 33 heavy (non-hydrogen) atoms. The van der Waals surface area contributed by atoms with E-state index in [-0.39, 0.29) is 17.9 Å². The number of hydrogen-bond donors (Lipinski definition) is 1. The number of nitrogens with one attached hydrogen (secondary N) is 1. The van der Waals surface area contributed by atoms with Gasteiger partial charge in [-0.2, -0.15) is 0 Å². The van der Waals surface area contributed by atoms with E-state index in [0.717, 1.165) is 36.1 Å². The SMILES string of the molecule is CCOC(=O)c1c(NC(=O)c2c(-c3c(Cl)cccc3Cl)noc2C)sc2c1CC[C@@H](CC)C2. The number of carbonyl (C=O) groups excluding carboxylic acids is 2. The van der Waals surface area contributed by atoms with Crippen LogP contribution in [0.25, 0.3) is 11.3 Å². The van der Waals surface area contributed by atoms with Crippen LogP contribution in [0.5, 0.6) is 0 Å². The predicted molar refractivity (Wildman–Crippen MR) is 131 cm³/mol. The molecule has 2 heterocycles. The van der Waals surface area contributed by atoms with E-state index >= 15 is 0 Å². The molecule has 9 heteroatoms. The van der Waals surface area contributed by atoms with Crippen LogP contribution in [0.2, 0.25) is 10.0 Å². The Labute approximate surface area is 206 Å². The molecule has 1 atom stereocenters. The van der Waals surface area contributed by atoms with Crippen molar-refractivity contribution >= 4 is 51.4 Å². The zero-order chi connectivity index (χ0) is 23.7. The average Bonchev–Trinajstić information content (AvgIpc) is 3.33. The van der Waals surface area contributed by atoms with Gasteiger partial charge in [-0.3, -0.25) is 4.79 Å². The molecule has 4 rings (SSSR count). The zero-order valence-electron chi connectivity index (χ0n) is 18.6. The Hall–Kier alpha value is -2.35. The highest BCUT2D eigenvalue weighted by Gasteiger charge is 2.32. The van der Waals surface area contributed by atoms with Gasteiger partial charge in [-0.1, -0.05) is 47.8 Å². The van der Waals surface area contributed by atoms with Crippen LogP contribution in [0.1, 0.15) is 63.6 Å². The summed E-state index contributed by atoms with van der Waals surface area (Å²) in [6, 6.07) is 5.06. The summed E-state index contributed by atoms with van der Waals surface area (Å²) < 4.78 is 10.6. The third-order valence-electron chi connectivity index (χ3n) is 5.94. The lowest BCUT2D eigenvalue weighted by atomic mass is 9.85. The van der Waals surface area contributed by atoms with Gasteiger partial charge < -0.3 is 14.6 Å². The minimum atomic E-state index is -0.448. The fourth-order valence-electron chi connectivity index (χ4n) is 4.21. The molecule has 174 valence electrons. The van der Waals surface area contributed by atoms with Gasteiger partial charge >= 0.3 is 5.97 Å². The van der Waals surface area contributed by atoms with Crippen LogP contribution in [0.4, 0.5) is 5.00 Å². The van der Waals surface area contributed by atoms with Crippen molar-refractivity contribution in [2.75, 3.05) is 11.9 Å². The molecule has 0 unspecified atom stereocenters. The fraction of sp³-hybridized carbons (Fsp3) is 0.375. The molecule has 1 aliphatic rings. The number of rotatable bonds is 6. The average molecular weight is 507 g/mol. The van der Waals surface area contributed by atoms with E-state index in [1.807, 2.05) is 0 Å². The van der Waals surface area contributed by atoms with Crippen molar-refractivity contribution in [3.8, 4) is 11.3 Å². The molecule has 0 fully saturated rings. The number of esters is 1. The third kappa shape index (κ3) is 4.54. The van der Waals surface area contributed by atoms with Crippen molar-refractivity contribution in [2.45, 2.75) is 46.5 Å². The Bertz CT molecular complexity index is 1200. The summed E-state index contributed by atoms with van der Waals surface area (Å²) in [5.74, 6) is 0.0279. The summed E-state index contributed by atoms with van der Waals surface area (Å²) in [7, 11) is 0. The molecule has 0 saturated carbocycles. The van der Waals surface area contributed by atoms with Crippen molar-refractivity contribution in [1.82, 2.24) is 5.16 Å². The van der Waals surface area contributed by atoms with Crippen LogP contribution >= 0.6 is 34.5 Å². The van der Waals surface area contributed by atoms with Crippen molar-refractivity contribution in [1.29, 1.82) is 0 Å². The first-order valence-corrected chi connectivity index (χ1v) is 12.5. The second kappa shape index (κ2) is 9.87. The lowest BCUT2D eigenvalue weighted by molar-refractivity contribution is 0.0526. The largest absolute Gasteiger partial charge is 0.462 e. The number of carbonyl (C=O) groups is 2. The topological polar surface area (TPSA) is 81.4 Å². The molecule has 0 spiro atoms. The summed E-state index contributed by atoms with van der Waals surface area (Å²) in [5, 5.41) is 8.17. The highest BCUT2D eigenvalue weighted by atomic mass is 35.5. The number of aromatic nitrogens is 1. The molecular weight excluding hydrogens is 483 g/mol. The van der Waals surface area contributed by atoms with Gasteiger partial charge in [0.05, 0.1) is 22.2 Å². The van der Waals surface area contributed by atoms with E-state index in [4.69, 9.17) is 32.5 Å². The molecule has 0 aliphatic heterocycles. The van der Waals surface area contributed by atoms with Gasteiger partial charge in [-0.15, -0.1) is 11.3 Å². The van der Waals surface area contributed by atoms with E-state index in [1.54, 1.807) is 32.0 Å². The van der Waals surface area contributed by atoms with Crippen molar-refractivity contribution in [2.24, 2.45) is 5.92 Å². The Morgan fingerprint density at radius 1 is 1.24 bits per heavy atom. The maximum atomic E-state index is 13.4. The number of aryl methyl sites for hydroxylation is 1. The standard InChI is InChI=1S/C24H24Cl2N2O4S/c1-4-13-9-10-14-17(11-13)33-23(19(14)24(30)31-5-2)27-22(29)18-12(3)32-28-21(18)20-15(25)7-6-8-16(20)26/h6-8,13H,4-5,9-11H2,1-3H3,(H,27,29)/t13-/m1/s1. The quantitative estimate of drug-likeness (QED) is 0.365. The van der Waals surface area contributed by atoms with E-state index in [0.29, 0.717) is 37.9 Å². The van der Waals surface area contributed by atoms with Gasteiger partial charge in [-0.05, 0) is 56.7 Å². The molecule has 1 N–H and O–H groups in total. The lowest BCUT2D eigenvalue weighted by Crippen LogP contribution is -2.17. The second-order valence-electron chi connectivity index (χ2n) is 7.96. The summed E-state index contributed by atoms with van der Waals surface area (Å²) >= 11 is 14.1. The van der Waals surface area contributed by atoms with Gasteiger partial charge in [0.25, 0.3) is 5.91 Å². The number of amides is 1. The summed E-state index contributed by atoms with van der Waals surface area (Å²) in [4.78, 5) is 27.4. The van der Waals surface area contributed by atoms with Crippen LogP contribution in [0.3, 0.4) is 0 Å². The number of fused-ring (bicyclic) bond motifs is 1. The Kier molecular flexibility index (Phi) is 7.12. The number of halogens is 2. The van der Waals surface area contributed by atoms with Crippen LogP contribution in [0.15, 0.2) is 22.7 Å². The van der Waals surface area contributed by atoms with Gasteiger partial charge in [0.1, 0.15) is 22.0 Å². The zero-order valence-corrected chi connectivity index (χ0v) is 20.9. The van der Waals surface area contributed by atoms with E-state index in [2.05, 4.69) is 17.4 Å². The van der Waals surface area contributed by atoms with Crippen molar-refractivity contribution in [3.63, 3.8) is 0 Å². The lowest BCUT2D eigenvalue weighted by Gasteiger charge is -2.20. The number of thiophene rings is 1. The molecule has 3 aromatic rings. The van der Waals surface area contributed by atoms with Crippen LogP contribution in [0, 0.1) is 12.8 Å². The van der Waals surface area contributed by atoms with Gasteiger partial charge in [0.2, 0.25) is 0 Å². The Balaban J connectivity index is 1.74. The smallest absolute Gasteiger partial charge is 0.341 e. The molecule has 1 aliphatic carbocycles. The summed E-state index contributed by atoms with van der Waals surface area (Å²) in [6.07, 6.45) is 3.78. The van der Waals surface area contributed by atoms with Gasteiger partial charge in [-0.25, -0.2) is 4.79 Å². The van der Waals surface area contributed by atoms with Gasteiger partial charge in [0.15, 0.2) is 0 Å².